The maximum Gasteiger partial charge on any atom is 0.338 e. The van der Waals surface area contributed by atoms with Crippen LogP contribution in [-0.4, -0.2) is 301 Å². The highest BCUT2D eigenvalue weighted by Gasteiger charge is 2.64. The molecule has 0 aromatic heterocycles. The molecule has 514 valence electrons. The Hall–Kier alpha value is -6.66. The lowest BCUT2D eigenvalue weighted by Gasteiger charge is -2.51. The van der Waals surface area contributed by atoms with Crippen LogP contribution < -0.4 is 9.47 Å². The van der Waals surface area contributed by atoms with E-state index in [0.717, 1.165) is 25.2 Å². The van der Waals surface area contributed by atoms with E-state index in [9.17, 15) is 95.8 Å². The third-order valence-corrected chi connectivity index (χ3v) is 15.5. The van der Waals surface area contributed by atoms with Crippen molar-refractivity contribution in [1.29, 1.82) is 0 Å². The van der Waals surface area contributed by atoms with Gasteiger partial charge in [-0.2, -0.15) is 0 Å². The predicted octanol–water partition coefficient (Wildman–Crippen LogP) is -5.53. The number of carbonyl (C=O) groups is 4. The average Bonchev–Trinajstić information content (AvgIpc) is 1.72. The summed E-state index contributed by atoms with van der Waals surface area (Å²) in [5.41, 5.74) is 0.365. The van der Waals surface area contributed by atoms with Gasteiger partial charge in [-0.3, -0.25) is 4.79 Å². The van der Waals surface area contributed by atoms with Crippen LogP contribution in [0.2, 0.25) is 0 Å². The highest BCUT2D eigenvalue weighted by atomic mass is 16.8. The van der Waals surface area contributed by atoms with Crippen LogP contribution in [0.4, 0.5) is 0 Å². The topological polar surface area (TPSA) is 510 Å². The number of esters is 4. The fourth-order valence-corrected chi connectivity index (χ4v) is 10.6. The maximum atomic E-state index is 14.5. The Morgan fingerprint density at radius 3 is 1.59 bits per heavy atom. The van der Waals surface area contributed by atoms with Crippen LogP contribution in [0.25, 0.3) is 12.2 Å². The first-order valence-corrected chi connectivity index (χ1v) is 28.8. The number of hydrogen-bond acceptors (Lipinski definition) is 34. The molecule has 34 nitrogen and oxygen atoms in total. The summed E-state index contributed by atoms with van der Waals surface area (Å²) in [4.78, 5) is 54.9. The molecule has 3 aromatic rings. The molecule has 5 fully saturated rings. The van der Waals surface area contributed by atoms with E-state index >= 15 is 0 Å². The summed E-state index contributed by atoms with van der Waals surface area (Å²) >= 11 is 0. The van der Waals surface area contributed by atoms with E-state index in [2.05, 4.69) is 0 Å². The van der Waals surface area contributed by atoms with Crippen molar-refractivity contribution in [3.63, 3.8) is 0 Å². The van der Waals surface area contributed by atoms with Crippen molar-refractivity contribution in [2.45, 2.75) is 154 Å². The molecule has 34 heteroatoms. The second kappa shape index (κ2) is 32.2. The largest absolute Gasteiger partial charge is 0.504 e. The number of benzene rings is 3. The van der Waals surface area contributed by atoms with Crippen molar-refractivity contribution in [2.75, 3.05) is 53.9 Å². The molecule has 24 atom stereocenters. The van der Waals surface area contributed by atoms with Gasteiger partial charge in [-0.25, -0.2) is 14.4 Å². The normalized spacial score (nSPS) is 36.3. The van der Waals surface area contributed by atoms with E-state index in [0.29, 0.717) is 0 Å². The molecular formula is C59H74O34. The van der Waals surface area contributed by atoms with E-state index < -0.39 is 210 Å². The van der Waals surface area contributed by atoms with Crippen molar-refractivity contribution >= 4 is 36.0 Å². The molecule has 5 aliphatic rings. The molecule has 0 aliphatic carbocycles. The van der Waals surface area contributed by atoms with Crippen LogP contribution in [0.15, 0.2) is 78.9 Å². The number of rotatable bonds is 25. The minimum atomic E-state index is -2.95. The Labute approximate surface area is 527 Å². The van der Waals surface area contributed by atoms with Gasteiger partial charge in [0.05, 0.1) is 46.2 Å². The smallest absolute Gasteiger partial charge is 0.338 e. The summed E-state index contributed by atoms with van der Waals surface area (Å²) in [5, 5.41) is 164. The minimum Gasteiger partial charge on any atom is -0.504 e. The van der Waals surface area contributed by atoms with E-state index in [1.165, 1.54) is 81.0 Å². The third kappa shape index (κ3) is 16.7. The highest BCUT2D eigenvalue weighted by Crippen LogP contribution is 2.42. The van der Waals surface area contributed by atoms with Gasteiger partial charge in [-0.15, -0.1) is 0 Å². The van der Waals surface area contributed by atoms with Gasteiger partial charge in [-0.1, -0.05) is 30.3 Å². The van der Waals surface area contributed by atoms with E-state index in [4.69, 9.17) is 71.1 Å². The highest BCUT2D eigenvalue weighted by molar-refractivity contribution is 5.90. The Morgan fingerprint density at radius 2 is 1.03 bits per heavy atom. The van der Waals surface area contributed by atoms with Gasteiger partial charge >= 0.3 is 23.9 Å². The first kappa shape index (κ1) is 72.2. The lowest BCUT2D eigenvalue weighted by atomic mass is 9.95. The van der Waals surface area contributed by atoms with Gasteiger partial charge in [-0.05, 0) is 59.7 Å². The monoisotopic (exact) mass is 1330 g/mol. The number of aliphatic hydroxyl groups is 13. The zero-order chi connectivity index (χ0) is 67.6. The zero-order valence-corrected chi connectivity index (χ0v) is 49.6. The Balaban J connectivity index is 1.28. The predicted molar refractivity (Wildman–Crippen MR) is 301 cm³/mol. The number of phenolic OH excluding ortho intramolecular Hbond substituents is 2. The molecule has 5 saturated heterocycles. The van der Waals surface area contributed by atoms with Gasteiger partial charge in [0.15, 0.2) is 66.5 Å². The lowest BCUT2D eigenvalue weighted by Crippen LogP contribution is -2.69. The molecule has 3 aromatic carbocycles. The van der Waals surface area contributed by atoms with Crippen LogP contribution in [0.3, 0.4) is 0 Å². The Morgan fingerprint density at radius 1 is 0.505 bits per heavy atom. The van der Waals surface area contributed by atoms with E-state index in [1.54, 1.807) is 6.07 Å². The van der Waals surface area contributed by atoms with Crippen molar-refractivity contribution in [3.8, 4) is 23.0 Å². The van der Waals surface area contributed by atoms with Crippen molar-refractivity contribution < 1.29 is 167 Å². The molecule has 0 unspecified atom stereocenters. The molecule has 0 saturated carbocycles. The van der Waals surface area contributed by atoms with E-state index in [-0.39, 0.29) is 39.7 Å². The second-order valence-electron chi connectivity index (χ2n) is 21.7. The molecule has 0 bridgehead atoms. The molecule has 8 rings (SSSR count). The number of aliphatic hydroxyl groups excluding tert-OH is 13. The number of carbonyl (C=O) groups excluding carboxylic acids is 4. The second-order valence-corrected chi connectivity index (χ2v) is 21.7. The lowest BCUT2D eigenvalue weighted by molar-refractivity contribution is -0.421. The standard InChI is InChI=1S/C59H74O34/c1-25(64)83-50-42(71)36(22-82-55-46(75)44(73)40(69)33(19-60)84-55)86-57(48(50)77)89-51-49(88-39(68)16-12-27-10-14-30(66)32(18-27)80-3)37(23-81-38(67)15-11-26-9-13-29(65)31(17-26)79-2)87-58(52(51)90-56-47(76)45(74)41(70)34(20-61)85-56)93-59(24-63)53(43(72)35(21-62)92-59)91-54(78)28-7-5-4-6-8-28/h4-18,33-37,40-53,55-58,60-63,65-66,69-77H,19-24H2,1-3H3/b15-11+,16-12+/t33-,34-,35-,36-,37-,40-,41-,42-,43-,44+,45+,46-,47-,48-,49-,50+,51+,52-,53-,55-,56+,57-,58-,59+/m1/s1. The molecule has 0 amide bonds. The Kier molecular flexibility index (Phi) is 25.0. The van der Waals surface area contributed by atoms with Crippen molar-refractivity contribution in [3.05, 3.63) is 95.6 Å². The Bertz CT molecular complexity index is 3020. The SMILES string of the molecule is COc1cc(/C=C/C(=O)OC[C@H]2O[C@H](O[C@]3(CO)O[C@H](CO)[C@@H](O)[C@H]3OC(=O)c3ccccc3)[C@H](O[C@@H]3O[C@H](CO)[C@@H](O)[C@H](O)[C@H]3O)[C@@H](O[C@H]3O[C@H](CO[C@@H]4O[C@H](CO)[C@@H](O)[C@H](O)[C@H]4O)[C@@H](O)[C@H](OC(C)=O)[C@H]3O)[C@@H]2OC(=O)/C=C/c2ccc(O)c(OC)c2)ccc1O. The first-order valence-electron chi connectivity index (χ1n) is 28.8. The molecular weight excluding hydrogens is 1250 g/mol. The molecule has 0 spiro atoms. The summed E-state index contributed by atoms with van der Waals surface area (Å²) in [6.07, 6.45) is -44.6. The molecule has 5 heterocycles. The van der Waals surface area contributed by atoms with Crippen LogP contribution >= 0.6 is 0 Å². The fourth-order valence-electron chi connectivity index (χ4n) is 10.6. The van der Waals surface area contributed by atoms with Gasteiger partial charge in [0.2, 0.25) is 5.79 Å². The summed E-state index contributed by atoms with van der Waals surface area (Å²) in [7, 11) is 2.52. The molecule has 5 aliphatic heterocycles. The van der Waals surface area contributed by atoms with Crippen molar-refractivity contribution in [2.24, 2.45) is 0 Å². The van der Waals surface area contributed by atoms with Crippen LogP contribution in [0, 0.1) is 0 Å². The van der Waals surface area contributed by atoms with Gasteiger partial charge < -0.3 is 148 Å². The molecule has 15 N–H and O–H groups in total. The minimum absolute atomic E-state index is 0.0112. The number of methoxy groups -OCH3 is 2. The van der Waals surface area contributed by atoms with Crippen molar-refractivity contribution in [1.82, 2.24) is 0 Å². The average molecular weight is 1330 g/mol. The maximum absolute atomic E-state index is 14.5. The summed E-state index contributed by atoms with van der Waals surface area (Å²) in [5.74, 6) is -8.35. The fraction of sp³-hybridized carbons (Fsp3) is 0.559. The number of ether oxygens (including phenoxy) is 15. The first-order chi connectivity index (χ1) is 44.4. The molecule has 0 radical (unpaired) electrons. The summed E-state index contributed by atoms with van der Waals surface area (Å²) in [6, 6.07) is 15.0. The van der Waals surface area contributed by atoms with Gasteiger partial charge in [0, 0.05) is 19.1 Å². The van der Waals surface area contributed by atoms with Gasteiger partial charge in [0.25, 0.3) is 0 Å². The van der Waals surface area contributed by atoms with Gasteiger partial charge in [0.1, 0.15) is 111 Å². The van der Waals surface area contributed by atoms with Crippen LogP contribution in [-0.2, 0) is 76.0 Å². The van der Waals surface area contributed by atoms with E-state index in [1.807, 2.05) is 0 Å². The van der Waals surface area contributed by atoms with Crippen LogP contribution in [0.5, 0.6) is 23.0 Å². The summed E-state index contributed by atoms with van der Waals surface area (Å²) in [6.45, 7) is -5.68. The number of phenols is 2. The number of aromatic hydroxyl groups is 2. The summed E-state index contributed by atoms with van der Waals surface area (Å²) < 4.78 is 88.0. The zero-order valence-electron chi connectivity index (χ0n) is 49.6. The third-order valence-electron chi connectivity index (χ3n) is 15.5. The molecule has 93 heavy (non-hydrogen) atoms. The number of hydrogen-bond donors (Lipinski definition) is 15. The quantitative estimate of drug-likeness (QED) is 0.0214. The van der Waals surface area contributed by atoms with Crippen LogP contribution in [0.1, 0.15) is 28.4 Å².